The molecule has 1 saturated heterocycles. The van der Waals surface area contributed by atoms with E-state index in [0.29, 0.717) is 11.2 Å². The molecule has 2 N–H and O–H groups in total. The fourth-order valence-electron chi connectivity index (χ4n) is 2.99. The molecule has 0 aliphatic carbocycles. The minimum Gasteiger partial charge on any atom is -0.358 e. The number of aryl methyl sites for hydroxylation is 1. The lowest BCUT2D eigenvalue weighted by molar-refractivity contribution is 0.324. The molecule has 0 aromatic heterocycles. The monoisotopic (exact) mass is 325 g/mol. The highest BCUT2D eigenvalue weighted by Gasteiger charge is 2.22. The Morgan fingerprint density at radius 3 is 2.65 bits per heavy atom. The standard InChI is InChI=1S/C19H23N3S/c1-15-7-5-6-10-18(15)21-19(23)20-17-11-12-22(14-17)13-16-8-3-2-4-9-16/h2-10,17H,11-14H2,1H3,(H2,20,21,23)/t17-/m0/s1. The van der Waals surface area contributed by atoms with E-state index in [1.807, 2.05) is 12.1 Å². The van der Waals surface area contributed by atoms with E-state index in [0.717, 1.165) is 31.7 Å². The van der Waals surface area contributed by atoms with Crippen molar-refractivity contribution in [3.8, 4) is 0 Å². The lowest BCUT2D eigenvalue weighted by atomic mass is 10.2. The number of rotatable bonds is 4. The van der Waals surface area contributed by atoms with Gasteiger partial charge in [-0.05, 0) is 42.8 Å². The maximum absolute atomic E-state index is 5.46. The second kappa shape index (κ2) is 7.57. The van der Waals surface area contributed by atoms with Gasteiger partial charge in [0.05, 0.1) is 0 Å². The number of para-hydroxylation sites is 1. The third kappa shape index (κ3) is 4.53. The lowest BCUT2D eigenvalue weighted by Crippen LogP contribution is -2.39. The highest BCUT2D eigenvalue weighted by Crippen LogP contribution is 2.15. The van der Waals surface area contributed by atoms with Crippen LogP contribution in [0.2, 0.25) is 0 Å². The van der Waals surface area contributed by atoms with Gasteiger partial charge in [0.2, 0.25) is 0 Å². The summed E-state index contributed by atoms with van der Waals surface area (Å²) in [5, 5.41) is 7.47. The SMILES string of the molecule is Cc1ccccc1NC(=S)N[C@H]1CCN(Cc2ccccc2)C1. The number of nitrogens with one attached hydrogen (secondary N) is 2. The molecule has 2 aromatic rings. The van der Waals surface area contributed by atoms with Gasteiger partial charge < -0.3 is 10.6 Å². The number of thiocarbonyl (C=S) groups is 1. The van der Waals surface area contributed by atoms with Crippen molar-refractivity contribution in [2.75, 3.05) is 18.4 Å². The Morgan fingerprint density at radius 2 is 1.87 bits per heavy atom. The summed E-state index contributed by atoms with van der Waals surface area (Å²) in [6.07, 6.45) is 1.13. The van der Waals surface area contributed by atoms with Crippen molar-refractivity contribution in [1.82, 2.24) is 10.2 Å². The highest BCUT2D eigenvalue weighted by molar-refractivity contribution is 7.80. The first kappa shape index (κ1) is 16.0. The number of benzene rings is 2. The number of anilines is 1. The Kier molecular flexibility index (Phi) is 5.26. The van der Waals surface area contributed by atoms with Gasteiger partial charge in [-0.2, -0.15) is 0 Å². The normalized spacial score (nSPS) is 17.9. The number of nitrogens with zero attached hydrogens (tertiary/aromatic N) is 1. The van der Waals surface area contributed by atoms with Crippen molar-refractivity contribution >= 4 is 23.0 Å². The van der Waals surface area contributed by atoms with Crippen LogP contribution >= 0.6 is 12.2 Å². The van der Waals surface area contributed by atoms with Crippen LogP contribution in [0.25, 0.3) is 0 Å². The molecule has 1 aliphatic heterocycles. The van der Waals surface area contributed by atoms with Gasteiger partial charge in [0.1, 0.15) is 0 Å². The zero-order chi connectivity index (χ0) is 16.1. The Hall–Kier alpha value is -1.91. The van der Waals surface area contributed by atoms with Crippen LogP contribution in [-0.4, -0.2) is 29.1 Å². The zero-order valence-corrected chi connectivity index (χ0v) is 14.3. The first-order chi connectivity index (χ1) is 11.2. The summed E-state index contributed by atoms with van der Waals surface area (Å²) < 4.78 is 0. The Labute approximate surface area is 143 Å². The largest absolute Gasteiger partial charge is 0.358 e. The van der Waals surface area contributed by atoms with Crippen LogP contribution < -0.4 is 10.6 Å². The van der Waals surface area contributed by atoms with Crippen LogP contribution in [0.5, 0.6) is 0 Å². The van der Waals surface area contributed by atoms with Gasteiger partial charge in [0.25, 0.3) is 0 Å². The minimum atomic E-state index is 0.419. The summed E-state index contributed by atoms with van der Waals surface area (Å²) in [4.78, 5) is 2.48. The van der Waals surface area contributed by atoms with Crippen LogP contribution in [0.15, 0.2) is 54.6 Å². The Balaban J connectivity index is 1.48. The molecule has 0 bridgehead atoms. The second-order valence-electron chi connectivity index (χ2n) is 6.12. The molecule has 0 spiro atoms. The summed E-state index contributed by atoms with van der Waals surface area (Å²) in [7, 11) is 0. The Morgan fingerprint density at radius 1 is 1.13 bits per heavy atom. The molecule has 4 heteroatoms. The quantitative estimate of drug-likeness (QED) is 0.841. The molecular formula is C19H23N3S. The van der Waals surface area contributed by atoms with Crippen molar-refractivity contribution in [3.63, 3.8) is 0 Å². The van der Waals surface area contributed by atoms with Gasteiger partial charge in [-0.25, -0.2) is 0 Å². The van der Waals surface area contributed by atoms with E-state index in [2.05, 4.69) is 64.9 Å². The van der Waals surface area contributed by atoms with Crippen molar-refractivity contribution in [1.29, 1.82) is 0 Å². The highest BCUT2D eigenvalue weighted by atomic mass is 32.1. The first-order valence-corrected chi connectivity index (χ1v) is 8.51. The van der Waals surface area contributed by atoms with Gasteiger partial charge >= 0.3 is 0 Å². The molecule has 1 heterocycles. The predicted octanol–water partition coefficient (Wildman–Crippen LogP) is 3.56. The topological polar surface area (TPSA) is 27.3 Å². The van der Waals surface area contributed by atoms with E-state index in [9.17, 15) is 0 Å². The van der Waals surface area contributed by atoms with Crippen LogP contribution in [0.1, 0.15) is 17.5 Å². The van der Waals surface area contributed by atoms with Crippen LogP contribution in [-0.2, 0) is 6.54 Å². The van der Waals surface area contributed by atoms with Gasteiger partial charge in [-0.1, -0.05) is 48.5 Å². The smallest absolute Gasteiger partial charge is 0.171 e. The average Bonchev–Trinajstić information content (AvgIpc) is 2.97. The van der Waals surface area contributed by atoms with Crippen LogP contribution in [0, 0.1) is 6.92 Å². The van der Waals surface area contributed by atoms with Crippen molar-refractivity contribution < 1.29 is 0 Å². The number of hydrogen-bond acceptors (Lipinski definition) is 2. The third-order valence-corrected chi connectivity index (χ3v) is 4.47. The molecule has 0 unspecified atom stereocenters. The fraction of sp³-hybridized carbons (Fsp3) is 0.316. The summed E-state index contributed by atoms with van der Waals surface area (Å²) in [5.41, 5.74) is 3.65. The van der Waals surface area contributed by atoms with E-state index in [1.165, 1.54) is 11.1 Å². The van der Waals surface area contributed by atoms with E-state index in [1.54, 1.807) is 0 Å². The molecule has 23 heavy (non-hydrogen) atoms. The van der Waals surface area contributed by atoms with E-state index in [-0.39, 0.29) is 0 Å². The molecule has 1 aliphatic rings. The maximum Gasteiger partial charge on any atom is 0.171 e. The maximum atomic E-state index is 5.46. The Bertz CT molecular complexity index is 657. The number of likely N-dealkylation sites (tertiary alicyclic amines) is 1. The van der Waals surface area contributed by atoms with E-state index >= 15 is 0 Å². The van der Waals surface area contributed by atoms with E-state index in [4.69, 9.17) is 12.2 Å². The van der Waals surface area contributed by atoms with Gasteiger partial charge in [0.15, 0.2) is 5.11 Å². The molecule has 120 valence electrons. The molecule has 1 fully saturated rings. The van der Waals surface area contributed by atoms with Crippen molar-refractivity contribution in [2.45, 2.75) is 25.9 Å². The molecule has 1 atom stereocenters. The first-order valence-electron chi connectivity index (χ1n) is 8.10. The summed E-state index contributed by atoms with van der Waals surface area (Å²) in [6, 6.07) is 19.3. The average molecular weight is 325 g/mol. The predicted molar refractivity (Wildman–Crippen MR) is 101 cm³/mol. The fourth-order valence-corrected chi connectivity index (χ4v) is 3.27. The molecule has 2 aromatic carbocycles. The number of hydrogen-bond donors (Lipinski definition) is 2. The van der Waals surface area contributed by atoms with E-state index < -0.39 is 0 Å². The molecule has 3 nitrogen and oxygen atoms in total. The molecular weight excluding hydrogens is 302 g/mol. The molecule has 0 saturated carbocycles. The lowest BCUT2D eigenvalue weighted by Gasteiger charge is -2.19. The van der Waals surface area contributed by atoms with Crippen LogP contribution in [0.4, 0.5) is 5.69 Å². The molecule has 3 rings (SSSR count). The van der Waals surface area contributed by atoms with Crippen LogP contribution in [0.3, 0.4) is 0 Å². The molecule has 0 radical (unpaired) electrons. The minimum absolute atomic E-state index is 0.419. The zero-order valence-electron chi connectivity index (χ0n) is 13.5. The van der Waals surface area contributed by atoms with Crippen molar-refractivity contribution in [2.24, 2.45) is 0 Å². The summed E-state index contributed by atoms with van der Waals surface area (Å²) in [6.45, 7) is 5.24. The van der Waals surface area contributed by atoms with Gasteiger partial charge in [0, 0.05) is 31.4 Å². The van der Waals surface area contributed by atoms with Gasteiger partial charge in [-0.3, -0.25) is 4.90 Å². The van der Waals surface area contributed by atoms with Crippen molar-refractivity contribution in [3.05, 3.63) is 65.7 Å². The third-order valence-electron chi connectivity index (χ3n) is 4.25. The van der Waals surface area contributed by atoms with Gasteiger partial charge in [-0.15, -0.1) is 0 Å². The second-order valence-corrected chi connectivity index (χ2v) is 6.53. The summed E-state index contributed by atoms with van der Waals surface area (Å²) >= 11 is 5.46. The molecule has 0 amide bonds. The summed E-state index contributed by atoms with van der Waals surface area (Å²) in [5.74, 6) is 0.